The smallest absolute Gasteiger partial charge is 0.253 e. The molecule has 0 spiro atoms. The zero-order valence-corrected chi connectivity index (χ0v) is 8.26. The van der Waals surface area contributed by atoms with Gasteiger partial charge in [-0.2, -0.15) is 13.2 Å². The highest BCUT2D eigenvalue weighted by Crippen LogP contribution is 2.42. The van der Waals surface area contributed by atoms with Crippen molar-refractivity contribution in [2.75, 3.05) is 0 Å². The van der Waals surface area contributed by atoms with E-state index in [-0.39, 0.29) is 0 Å². The van der Waals surface area contributed by atoms with Gasteiger partial charge in [0, 0.05) is 6.20 Å². The predicted molar refractivity (Wildman–Crippen MR) is 44.2 cm³/mol. The van der Waals surface area contributed by atoms with Crippen LogP contribution < -0.4 is 0 Å². The molecule has 0 unspecified atom stereocenters. The van der Waals surface area contributed by atoms with Crippen LogP contribution in [0.5, 0.6) is 0 Å². The molecule has 0 aromatic carbocycles. The van der Waals surface area contributed by atoms with E-state index in [9.17, 15) is 22.0 Å². The first-order valence-electron chi connectivity index (χ1n) is 3.44. The summed E-state index contributed by atoms with van der Waals surface area (Å²) in [6, 6.07) is 0. The van der Waals surface area contributed by atoms with E-state index in [0.717, 1.165) is 0 Å². The van der Waals surface area contributed by atoms with Crippen LogP contribution >= 0.6 is 23.2 Å². The van der Waals surface area contributed by atoms with Gasteiger partial charge < -0.3 is 0 Å². The SMILES string of the molecule is FC(F)c1ncc(Cl)c(Cl)c1C(F)(F)F. The fraction of sp³-hybridized carbons (Fsp3) is 0.286. The highest BCUT2D eigenvalue weighted by atomic mass is 35.5. The van der Waals surface area contributed by atoms with E-state index in [0.29, 0.717) is 6.20 Å². The Morgan fingerprint density at radius 3 is 2.13 bits per heavy atom. The topological polar surface area (TPSA) is 12.9 Å². The van der Waals surface area contributed by atoms with Gasteiger partial charge in [0.25, 0.3) is 6.43 Å². The lowest BCUT2D eigenvalue weighted by Crippen LogP contribution is -2.12. The Bertz CT molecular complexity index is 376. The van der Waals surface area contributed by atoms with Gasteiger partial charge in [0.05, 0.1) is 10.0 Å². The number of nitrogens with zero attached hydrogens (tertiary/aromatic N) is 1. The summed E-state index contributed by atoms with van der Waals surface area (Å²) in [4.78, 5) is 2.92. The molecule has 1 rings (SSSR count). The average molecular weight is 266 g/mol. The first-order valence-corrected chi connectivity index (χ1v) is 4.20. The summed E-state index contributed by atoms with van der Waals surface area (Å²) in [5.41, 5.74) is -3.11. The van der Waals surface area contributed by atoms with Gasteiger partial charge in [-0.15, -0.1) is 0 Å². The molecule has 1 aromatic heterocycles. The van der Waals surface area contributed by atoms with Crippen molar-refractivity contribution in [1.29, 1.82) is 0 Å². The molecule has 0 aliphatic rings. The molecule has 0 atom stereocenters. The van der Waals surface area contributed by atoms with E-state index in [2.05, 4.69) is 4.98 Å². The summed E-state index contributed by atoms with van der Waals surface area (Å²) in [6.07, 6.45) is -7.72. The number of halogens is 7. The molecule has 0 saturated carbocycles. The number of hydrogen-bond donors (Lipinski definition) is 0. The Morgan fingerprint density at radius 2 is 1.73 bits per heavy atom. The molecule has 8 heteroatoms. The molecule has 1 nitrogen and oxygen atoms in total. The van der Waals surface area contributed by atoms with Crippen molar-refractivity contribution in [3.8, 4) is 0 Å². The third kappa shape index (κ3) is 2.49. The van der Waals surface area contributed by atoms with Crippen LogP contribution in [0.1, 0.15) is 17.7 Å². The molecular formula is C7H2Cl2F5N. The van der Waals surface area contributed by atoms with Gasteiger partial charge in [0.15, 0.2) is 0 Å². The highest BCUT2D eigenvalue weighted by Gasteiger charge is 2.40. The van der Waals surface area contributed by atoms with E-state index in [1.807, 2.05) is 0 Å². The maximum Gasteiger partial charge on any atom is 0.419 e. The minimum absolute atomic E-state index is 0.520. The Kier molecular flexibility index (Phi) is 3.40. The average Bonchev–Trinajstić information content (AvgIpc) is 2.06. The van der Waals surface area contributed by atoms with Gasteiger partial charge in [-0.25, -0.2) is 8.78 Å². The van der Waals surface area contributed by atoms with Crippen molar-refractivity contribution in [1.82, 2.24) is 4.98 Å². The Hall–Kier alpha value is -0.620. The number of rotatable bonds is 1. The minimum Gasteiger partial charge on any atom is -0.253 e. The zero-order valence-electron chi connectivity index (χ0n) is 6.75. The van der Waals surface area contributed by atoms with Gasteiger partial charge in [-0.1, -0.05) is 23.2 Å². The molecule has 84 valence electrons. The van der Waals surface area contributed by atoms with Crippen molar-refractivity contribution in [3.05, 3.63) is 27.5 Å². The number of pyridine rings is 1. The minimum atomic E-state index is -5.01. The van der Waals surface area contributed by atoms with Gasteiger partial charge in [0.1, 0.15) is 11.3 Å². The molecule has 0 bridgehead atoms. The second-order valence-corrected chi connectivity index (χ2v) is 3.26. The summed E-state index contributed by atoms with van der Waals surface area (Å²) in [6.45, 7) is 0. The van der Waals surface area contributed by atoms with Crippen LogP contribution in [0.25, 0.3) is 0 Å². The second-order valence-electron chi connectivity index (χ2n) is 2.48. The largest absolute Gasteiger partial charge is 0.419 e. The van der Waals surface area contributed by atoms with Crippen LogP contribution in [0, 0.1) is 0 Å². The van der Waals surface area contributed by atoms with E-state index >= 15 is 0 Å². The fourth-order valence-corrected chi connectivity index (χ4v) is 1.31. The molecule has 15 heavy (non-hydrogen) atoms. The molecule has 0 fully saturated rings. The third-order valence-electron chi connectivity index (χ3n) is 1.49. The van der Waals surface area contributed by atoms with Crippen molar-refractivity contribution in [3.63, 3.8) is 0 Å². The van der Waals surface area contributed by atoms with E-state index in [4.69, 9.17) is 23.2 Å². The zero-order chi connectivity index (χ0) is 11.8. The summed E-state index contributed by atoms with van der Waals surface area (Å²) < 4.78 is 61.4. The van der Waals surface area contributed by atoms with Crippen LogP contribution in [-0.4, -0.2) is 4.98 Å². The number of aromatic nitrogens is 1. The van der Waals surface area contributed by atoms with Crippen LogP contribution in [0.2, 0.25) is 10.0 Å². The van der Waals surface area contributed by atoms with E-state index in [1.165, 1.54) is 0 Å². The molecule has 0 N–H and O–H groups in total. The maximum absolute atomic E-state index is 12.3. The fourth-order valence-electron chi connectivity index (χ4n) is 0.914. The molecule has 0 aliphatic carbocycles. The monoisotopic (exact) mass is 265 g/mol. The summed E-state index contributed by atoms with van der Waals surface area (Å²) >= 11 is 10.5. The summed E-state index contributed by atoms with van der Waals surface area (Å²) in [7, 11) is 0. The Morgan fingerprint density at radius 1 is 1.20 bits per heavy atom. The van der Waals surface area contributed by atoms with Crippen LogP contribution in [0.3, 0.4) is 0 Å². The lowest BCUT2D eigenvalue weighted by atomic mass is 10.2. The third-order valence-corrected chi connectivity index (χ3v) is 2.27. The molecule has 1 heterocycles. The van der Waals surface area contributed by atoms with E-state index < -0.39 is 33.9 Å². The normalized spacial score (nSPS) is 12.3. The van der Waals surface area contributed by atoms with Gasteiger partial charge in [-0.3, -0.25) is 4.98 Å². The van der Waals surface area contributed by atoms with Gasteiger partial charge in [-0.05, 0) is 0 Å². The van der Waals surface area contributed by atoms with Crippen LogP contribution in [-0.2, 0) is 6.18 Å². The highest BCUT2D eigenvalue weighted by molar-refractivity contribution is 6.42. The lowest BCUT2D eigenvalue weighted by Gasteiger charge is -2.13. The second kappa shape index (κ2) is 4.09. The molecular weight excluding hydrogens is 264 g/mol. The maximum atomic E-state index is 12.3. The van der Waals surface area contributed by atoms with Gasteiger partial charge >= 0.3 is 6.18 Å². The first kappa shape index (κ1) is 12.4. The number of alkyl halides is 5. The molecule has 1 aromatic rings. The van der Waals surface area contributed by atoms with Crippen LogP contribution in [0.15, 0.2) is 6.20 Å². The number of hydrogen-bond acceptors (Lipinski definition) is 1. The van der Waals surface area contributed by atoms with Crippen molar-refractivity contribution >= 4 is 23.2 Å². The molecule has 0 aliphatic heterocycles. The summed E-state index contributed by atoms with van der Waals surface area (Å²) in [5, 5.41) is -1.48. The standard InChI is InChI=1S/C7H2Cl2F5N/c8-2-1-15-5(6(10)11)3(4(2)9)7(12,13)14/h1,6H. The quantitative estimate of drug-likeness (QED) is 0.689. The van der Waals surface area contributed by atoms with Gasteiger partial charge in [0.2, 0.25) is 0 Å². The summed E-state index contributed by atoms with van der Waals surface area (Å²) in [5.74, 6) is 0. The molecule has 0 saturated heterocycles. The van der Waals surface area contributed by atoms with Crippen molar-refractivity contribution in [2.45, 2.75) is 12.6 Å². The molecule has 0 radical (unpaired) electrons. The van der Waals surface area contributed by atoms with Crippen molar-refractivity contribution in [2.24, 2.45) is 0 Å². The van der Waals surface area contributed by atoms with E-state index in [1.54, 1.807) is 0 Å². The Labute approximate surface area is 90.8 Å². The van der Waals surface area contributed by atoms with Crippen LogP contribution in [0.4, 0.5) is 22.0 Å². The Balaban J connectivity index is 3.49. The molecule has 0 amide bonds. The van der Waals surface area contributed by atoms with Crippen molar-refractivity contribution < 1.29 is 22.0 Å². The first-order chi connectivity index (χ1) is 6.75. The lowest BCUT2D eigenvalue weighted by molar-refractivity contribution is -0.139. The predicted octanol–water partition coefficient (Wildman–Crippen LogP) is 4.34.